The Morgan fingerprint density at radius 2 is 2.17 bits per heavy atom. The van der Waals surface area contributed by atoms with E-state index in [-0.39, 0.29) is 18.2 Å². The summed E-state index contributed by atoms with van der Waals surface area (Å²) in [6, 6.07) is 6.90. The molecule has 0 radical (unpaired) electrons. The van der Waals surface area contributed by atoms with Crippen molar-refractivity contribution < 1.29 is 18.8 Å². The fourth-order valence-corrected chi connectivity index (χ4v) is 2.45. The lowest BCUT2D eigenvalue weighted by atomic mass is 10.1. The summed E-state index contributed by atoms with van der Waals surface area (Å²) in [7, 11) is 1.68. The third kappa shape index (κ3) is 3.03. The highest BCUT2D eigenvalue weighted by atomic mass is 16.5. The first-order chi connectivity index (χ1) is 10.9. The number of amides is 2. The molecule has 2 amide bonds. The Balaban J connectivity index is 1.74. The van der Waals surface area contributed by atoms with Gasteiger partial charge in [0.2, 0.25) is 5.91 Å². The molecule has 0 aliphatic carbocycles. The molecule has 1 aliphatic rings. The number of rotatable bonds is 3. The van der Waals surface area contributed by atoms with Gasteiger partial charge in [-0.3, -0.25) is 9.59 Å². The lowest BCUT2D eigenvalue weighted by Crippen LogP contribution is -2.42. The first-order valence-corrected chi connectivity index (χ1v) is 7.24. The van der Waals surface area contributed by atoms with Crippen LogP contribution in [0, 0.1) is 6.92 Å². The second-order valence-electron chi connectivity index (χ2n) is 5.50. The molecule has 3 rings (SSSR count). The molecule has 7 nitrogen and oxygen atoms in total. The Kier molecular flexibility index (Phi) is 3.77. The normalized spacial score (nSPS) is 16.7. The molecule has 1 aromatic heterocycles. The predicted molar refractivity (Wildman–Crippen MR) is 83.5 cm³/mol. The van der Waals surface area contributed by atoms with Crippen molar-refractivity contribution in [1.82, 2.24) is 5.16 Å². The van der Waals surface area contributed by atoms with Crippen molar-refractivity contribution in [2.45, 2.75) is 26.4 Å². The van der Waals surface area contributed by atoms with Crippen molar-refractivity contribution in [3.8, 4) is 5.75 Å². The number of aromatic nitrogens is 1. The molecular weight excluding hydrogens is 298 g/mol. The summed E-state index contributed by atoms with van der Waals surface area (Å²) in [4.78, 5) is 25.5. The molecule has 1 aromatic carbocycles. The van der Waals surface area contributed by atoms with Crippen molar-refractivity contribution in [2.75, 3.05) is 17.3 Å². The zero-order valence-corrected chi connectivity index (χ0v) is 13.1. The average molecular weight is 315 g/mol. The zero-order valence-electron chi connectivity index (χ0n) is 13.1. The van der Waals surface area contributed by atoms with E-state index in [0.29, 0.717) is 22.9 Å². The predicted octanol–water partition coefficient (Wildman–Crippen LogP) is 1.91. The molecule has 0 saturated carbocycles. The Hall–Kier alpha value is -2.83. The summed E-state index contributed by atoms with van der Waals surface area (Å²) in [5, 5.41) is 6.52. The van der Waals surface area contributed by atoms with E-state index >= 15 is 0 Å². The maximum Gasteiger partial charge on any atom is 0.267 e. The van der Waals surface area contributed by atoms with Gasteiger partial charge in [0.25, 0.3) is 5.91 Å². The summed E-state index contributed by atoms with van der Waals surface area (Å²) in [6.07, 6.45) is -0.414. The number of carbonyl (C=O) groups is 2. The van der Waals surface area contributed by atoms with Crippen LogP contribution in [0.4, 0.5) is 11.4 Å². The summed E-state index contributed by atoms with van der Waals surface area (Å²) in [5.74, 6) is 0.768. The highest BCUT2D eigenvalue weighted by molar-refractivity contribution is 6.00. The number of anilines is 2. The Morgan fingerprint density at radius 3 is 2.87 bits per heavy atom. The van der Waals surface area contributed by atoms with Crippen LogP contribution in [0.15, 0.2) is 28.8 Å². The molecule has 0 bridgehead atoms. The van der Waals surface area contributed by atoms with E-state index in [1.165, 1.54) is 4.90 Å². The van der Waals surface area contributed by atoms with Gasteiger partial charge in [0.05, 0.1) is 17.8 Å². The minimum Gasteiger partial charge on any atom is -0.479 e. The largest absolute Gasteiger partial charge is 0.479 e. The van der Waals surface area contributed by atoms with Gasteiger partial charge in [0.1, 0.15) is 11.5 Å². The van der Waals surface area contributed by atoms with Crippen LogP contribution in [0.3, 0.4) is 0 Å². The summed E-state index contributed by atoms with van der Waals surface area (Å²) in [5.41, 5.74) is 1.94. The fourth-order valence-electron chi connectivity index (χ4n) is 2.45. The van der Waals surface area contributed by atoms with Crippen LogP contribution in [0.2, 0.25) is 0 Å². The van der Waals surface area contributed by atoms with Crippen LogP contribution >= 0.6 is 0 Å². The highest BCUT2D eigenvalue weighted by Gasteiger charge is 2.29. The zero-order chi connectivity index (χ0) is 16.6. The molecule has 120 valence electrons. The number of hydrogen-bond donors (Lipinski definition) is 1. The molecule has 0 saturated heterocycles. The Bertz CT molecular complexity index is 768. The van der Waals surface area contributed by atoms with Gasteiger partial charge in [0, 0.05) is 18.8 Å². The van der Waals surface area contributed by atoms with Crippen molar-refractivity contribution in [3.05, 3.63) is 35.7 Å². The van der Waals surface area contributed by atoms with Crippen molar-refractivity contribution >= 4 is 23.2 Å². The molecule has 2 heterocycles. The summed E-state index contributed by atoms with van der Waals surface area (Å²) < 4.78 is 10.6. The Morgan fingerprint density at radius 1 is 1.39 bits per heavy atom. The summed E-state index contributed by atoms with van der Waals surface area (Å²) in [6.45, 7) is 3.50. The summed E-state index contributed by atoms with van der Waals surface area (Å²) >= 11 is 0. The molecule has 2 aromatic rings. The maximum absolute atomic E-state index is 12.0. The van der Waals surface area contributed by atoms with Gasteiger partial charge >= 0.3 is 0 Å². The molecule has 0 spiro atoms. The molecule has 1 N–H and O–H groups in total. The van der Waals surface area contributed by atoms with Gasteiger partial charge in [0.15, 0.2) is 6.10 Å². The van der Waals surface area contributed by atoms with E-state index in [4.69, 9.17) is 9.26 Å². The molecule has 7 heteroatoms. The number of benzene rings is 1. The van der Waals surface area contributed by atoms with E-state index in [1.54, 1.807) is 45.2 Å². The van der Waals surface area contributed by atoms with Crippen LogP contribution in [0.1, 0.15) is 18.4 Å². The topological polar surface area (TPSA) is 84.7 Å². The third-order valence-electron chi connectivity index (χ3n) is 3.60. The number of likely N-dealkylation sites (N-methyl/N-ethyl adjacent to an activating group) is 1. The number of nitrogens with zero attached hydrogens (tertiary/aromatic N) is 2. The van der Waals surface area contributed by atoms with E-state index < -0.39 is 6.10 Å². The number of carbonyl (C=O) groups excluding carboxylic acids is 2. The van der Waals surface area contributed by atoms with Gasteiger partial charge in [-0.1, -0.05) is 5.16 Å². The molecule has 1 aliphatic heterocycles. The third-order valence-corrected chi connectivity index (χ3v) is 3.60. The highest BCUT2D eigenvalue weighted by Crippen LogP contribution is 2.35. The smallest absolute Gasteiger partial charge is 0.267 e. The number of nitrogens with one attached hydrogen (secondary N) is 1. The van der Waals surface area contributed by atoms with E-state index in [1.807, 2.05) is 0 Å². The average Bonchev–Trinajstić information content (AvgIpc) is 2.90. The maximum atomic E-state index is 12.0. The van der Waals surface area contributed by atoms with E-state index in [9.17, 15) is 9.59 Å². The molecule has 0 fully saturated rings. The van der Waals surface area contributed by atoms with Crippen LogP contribution < -0.4 is 15.0 Å². The van der Waals surface area contributed by atoms with Crippen LogP contribution in [0.5, 0.6) is 5.75 Å². The Labute approximate surface area is 133 Å². The first kappa shape index (κ1) is 15.1. The molecular formula is C16H17N3O4. The van der Waals surface area contributed by atoms with Crippen molar-refractivity contribution in [3.63, 3.8) is 0 Å². The monoisotopic (exact) mass is 315 g/mol. The molecule has 1 atom stereocenters. The quantitative estimate of drug-likeness (QED) is 0.935. The van der Waals surface area contributed by atoms with Gasteiger partial charge in [-0.05, 0) is 32.0 Å². The van der Waals surface area contributed by atoms with E-state index in [2.05, 4.69) is 10.5 Å². The minimum atomic E-state index is -0.511. The minimum absolute atomic E-state index is 0.0974. The molecule has 1 unspecified atom stereocenters. The lowest BCUT2D eigenvalue weighted by Gasteiger charge is -2.30. The fraction of sp³-hybridized carbons (Fsp3) is 0.312. The van der Waals surface area contributed by atoms with Crippen LogP contribution in [0.25, 0.3) is 0 Å². The molecule has 23 heavy (non-hydrogen) atoms. The second kappa shape index (κ2) is 5.75. The van der Waals surface area contributed by atoms with Crippen LogP contribution in [-0.2, 0) is 16.0 Å². The van der Waals surface area contributed by atoms with Crippen LogP contribution in [-0.4, -0.2) is 30.1 Å². The number of hydrogen-bond acceptors (Lipinski definition) is 5. The van der Waals surface area contributed by atoms with Gasteiger partial charge in [-0.25, -0.2) is 0 Å². The number of aryl methyl sites for hydroxylation is 1. The second-order valence-corrected chi connectivity index (χ2v) is 5.50. The lowest BCUT2D eigenvalue weighted by molar-refractivity contribution is -0.125. The first-order valence-electron chi connectivity index (χ1n) is 7.24. The number of fused-ring (bicyclic) bond motifs is 1. The van der Waals surface area contributed by atoms with Crippen molar-refractivity contribution in [1.29, 1.82) is 0 Å². The van der Waals surface area contributed by atoms with Gasteiger partial charge in [-0.15, -0.1) is 0 Å². The van der Waals surface area contributed by atoms with Crippen molar-refractivity contribution in [2.24, 2.45) is 0 Å². The SMILES string of the molecule is Cc1cc(CC(=O)Nc2ccc3c(c2)N(C)C(=O)C(C)O3)on1. The van der Waals surface area contributed by atoms with E-state index in [0.717, 1.165) is 5.69 Å². The van der Waals surface area contributed by atoms with Gasteiger partial charge in [-0.2, -0.15) is 0 Å². The van der Waals surface area contributed by atoms with Gasteiger partial charge < -0.3 is 19.5 Å². The standard InChI is InChI=1S/C16H17N3O4/c1-9-6-12(23-18-9)8-15(20)17-11-4-5-14-13(7-11)19(3)16(21)10(2)22-14/h4-7,10H,8H2,1-3H3,(H,17,20). The number of ether oxygens (including phenoxy) is 1.